The SMILES string of the molecule is CS(=O)(=O)c1ccc(NC(=O)CCCNC(=O)OCc2ccccc2)cc1. The Bertz CT molecular complexity index is 865. The van der Waals surface area contributed by atoms with Crippen LogP contribution in [0.25, 0.3) is 0 Å². The molecule has 0 aliphatic carbocycles. The van der Waals surface area contributed by atoms with Crippen molar-refractivity contribution in [1.82, 2.24) is 5.32 Å². The first-order valence-corrected chi connectivity index (χ1v) is 10.3. The largest absolute Gasteiger partial charge is 0.445 e. The van der Waals surface area contributed by atoms with E-state index < -0.39 is 15.9 Å². The summed E-state index contributed by atoms with van der Waals surface area (Å²) in [6, 6.07) is 15.3. The van der Waals surface area contributed by atoms with E-state index >= 15 is 0 Å². The van der Waals surface area contributed by atoms with Gasteiger partial charge in [-0.2, -0.15) is 0 Å². The lowest BCUT2D eigenvalue weighted by molar-refractivity contribution is -0.116. The number of hydrogen-bond acceptors (Lipinski definition) is 5. The number of nitrogens with one attached hydrogen (secondary N) is 2. The number of carbonyl (C=O) groups excluding carboxylic acids is 2. The first-order valence-electron chi connectivity index (χ1n) is 8.39. The molecule has 0 saturated heterocycles. The van der Waals surface area contributed by atoms with E-state index in [1.165, 1.54) is 24.3 Å². The zero-order valence-electron chi connectivity index (χ0n) is 15.0. The number of alkyl carbamates (subject to hydrolysis) is 1. The predicted octanol–water partition coefficient (Wildman–Crippen LogP) is 2.74. The van der Waals surface area contributed by atoms with Gasteiger partial charge in [0.1, 0.15) is 6.61 Å². The number of amides is 2. The predicted molar refractivity (Wildman–Crippen MR) is 102 cm³/mol. The van der Waals surface area contributed by atoms with Crippen molar-refractivity contribution in [3.8, 4) is 0 Å². The summed E-state index contributed by atoms with van der Waals surface area (Å²) in [6.07, 6.45) is 1.26. The van der Waals surface area contributed by atoms with E-state index in [0.717, 1.165) is 11.8 Å². The molecule has 0 aromatic heterocycles. The quantitative estimate of drug-likeness (QED) is 0.675. The molecule has 2 amide bonds. The molecule has 7 nitrogen and oxygen atoms in total. The number of benzene rings is 2. The standard InChI is InChI=1S/C19H22N2O5S/c1-27(24,25)17-11-9-16(10-12-17)21-18(22)8-5-13-20-19(23)26-14-15-6-3-2-4-7-15/h2-4,6-7,9-12H,5,8,13-14H2,1H3,(H,20,23)(H,21,22). The van der Waals surface area contributed by atoms with Crippen molar-refractivity contribution in [2.24, 2.45) is 0 Å². The minimum absolute atomic E-state index is 0.191. The fourth-order valence-electron chi connectivity index (χ4n) is 2.22. The van der Waals surface area contributed by atoms with Crippen LogP contribution in [0.3, 0.4) is 0 Å². The minimum atomic E-state index is -3.26. The average Bonchev–Trinajstić information content (AvgIpc) is 2.64. The molecule has 2 N–H and O–H groups in total. The van der Waals surface area contributed by atoms with E-state index in [2.05, 4.69) is 10.6 Å². The maximum Gasteiger partial charge on any atom is 0.407 e. The summed E-state index contributed by atoms with van der Waals surface area (Å²) in [5.74, 6) is -0.221. The smallest absolute Gasteiger partial charge is 0.407 e. The Morgan fingerprint density at radius 1 is 1.00 bits per heavy atom. The molecule has 0 atom stereocenters. The third-order valence-corrected chi connectivity index (χ3v) is 4.76. The van der Waals surface area contributed by atoms with Crippen molar-refractivity contribution in [2.45, 2.75) is 24.3 Å². The maximum atomic E-state index is 11.9. The minimum Gasteiger partial charge on any atom is -0.445 e. The Balaban J connectivity index is 1.63. The molecule has 8 heteroatoms. The summed E-state index contributed by atoms with van der Waals surface area (Å²) in [4.78, 5) is 23.7. The first kappa shape index (κ1) is 20.4. The van der Waals surface area contributed by atoms with Gasteiger partial charge in [-0.25, -0.2) is 13.2 Å². The van der Waals surface area contributed by atoms with Crippen molar-refractivity contribution in [3.63, 3.8) is 0 Å². The van der Waals surface area contributed by atoms with Crippen LogP contribution in [0, 0.1) is 0 Å². The van der Waals surface area contributed by atoms with E-state index in [4.69, 9.17) is 4.74 Å². The van der Waals surface area contributed by atoms with Gasteiger partial charge in [-0.15, -0.1) is 0 Å². The van der Waals surface area contributed by atoms with Crippen molar-refractivity contribution in [1.29, 1.82) is 0 Å². The van der Waals surface area contributed by atoms with Crippen LogP contribution in [0.4, 0.5) is 10.5 Å². The topological polar surface area (TPSA) is 102 Å². The lowest BCUT2D eigenvalue weighted by Crippen LogP contribution is -2.26. The third-order valence-electron chi connectivity index (χ3n) is 3.63. The number of rotatable bonds is 8. The Morgan fingerprint density at radius 3 is 2.30 bits per heavy atom. The van der Waals surface area contributed by atoms with Crippen LogP contribution in [-0.2, 0) is 26.0 Å². The van der Waals surface area contributed by atoms with Crippen LogP contribution in [0.15, 0.2) is 59.5 Å². The molecule has 27 heavy (non-hydrogen) atoms. The number of sulfone groups is 1. The molecule has 2 aromatic rings. The molecule has 144 valence electrons. The fourth-order valence-corrected chi connectivity index (χ4v) is 2.85. The zero-order chi connectivity index (χ0) is 19.7. The van der Waals surface area contributed by atoms with Crippen LogP contribution in [0.5, 0.6) is 0 Å². The lowest BCUT2D eigenvalue weighted by Gasteiger charge is -2.08. The maximum absolute atomic E-state index is 11.9. The van der Waals surface area contributed by atoms with Crippen LogP contribution >= 0.6 is 0 Å². The Labute approximate surface area is 158 Å². The molecular formula is C19H22N2O5S. The third kappa shape index (κ3) is 7.49. The van der Waals surface area contributed by atoms with Crippen LogP contribution < -0.4 is 10.6 Å². The molecule has 0 spiro atoms. The second-order valence-corrected chi connectivity index (χ2v) is 7.95. The lowest BCUT2D eigenvalue weighted by atomic mass is 10.2. The molecule has 0 aliphatic heterocycles. The van der Waals surface area contributed by atoms with E-state index in [0.29, 0.717) is 18.7 Å². The highest BCUT2D eigenvalue weighted by atomic mass is 32.2. The highest BCUT2D eigenvalue weighted by molar-refractivity contribution is 7.90. The van der Waals surface area contributed by atoms with Crippen molar-refractivity contribution < 1.29 is 22.7 Å². The second kappa shape index (κ2) is 9.72. The van der Waals surface area contributed by atoms with Crippen LogP contribution in [0.1, 0.15) is 18.4 Å². The Hall–Kier alpha value is -2.87. The Kier molecular flexibility index (Phi) is 7.36. The second-order valence-electron chi connectivity index (χ2n) is 5.94. The average molecular weight is 390 g/mol. The molecule has 0 heterocycles. The van der Waals surface area contributed by atoms with Crippen molar-refractivity contribution in [3.05, 3.63) is 60.2 Å². The first-order chi connectivity index (χ1) is 12.8. The summed E-state index contributed by atoms with van der Waals surface area (Å²) in [7, 11) is -3.26. The van der Waals surface area contributed by atoms with Crippen molar-refractivity contribution in [2.75, 3.05) is 18.1 Å². The summed E-state index contributed by atoms with van der Waals surface area (Å²) >= 11 is 0. The number of hydrogen-bond donors (Lipinski definition) is 2. The highest BCUT2D eigenvalue weighted by Crippen LogP contribution is 2.14. The van der Waals surface area contributed by atoms with Gasteiger partial charge in [0.15, 0.2) is 9.84 Å². The Morgan fingerprint density at radius 2 is 1.67 bits per heavy atom. The molecule has 2 aromatic carbocycles. The normalized spacial score (nSPS) is 10.9. The van der Waals surface area contributed by atoms with Gasteiger partial charge in [0.05, 0.1) is 4.90 Å². The van der Waals surface area contributed by atoms with Gasteiger partial charge in [0.2, 0.25) is 5.91 Å². The van der Waals surface area contributed by atoms with Gasteiger partial charge in [0, 0.05) is 24.9 Å². The van der Waals surface area contributed by atoms with Crippen LogP contribution in [-0.4, -0.2) is 33.2 Å². The van der Waals surface area contributed by atoms with Gasteiger partial charge < -0.3 is 15.4 Å². The van der Waals surface area contributed by atoms with Gasteiger partial charge in [0.25, 0.3) is 0 Å². The van der Waals surface area contributed by atoms with E-state index in [9.17, 15) is 18.0 Å². The van der Waals surface area contributed by atoms with Gasteiger partial charge >= 0.3 is 6.09 Å². The summed E-state index contributed by atoms with van der Waals surface area (Å²) in [6.45, 7) is 0.505. The molecule has 0 fully saturated rings. The van der Waals surface area contributed by atoms with Crippen LogP contribution in [0.2, 0.25) is 0 Å². The number of ether oxygens (including phenoxy) is 1. The number of anilines is 1. The van der Waals surface area contributed by atoms with E-state index in [1.54, 1.807) is 0 Å². The molecule has 0 saturated carbocycles. The summed E-state index contributed by atoms with van der Waals surface area (Å²) in [5, 5.41) is 5.27. The summed E-state index contributed by atoms with van der Waals surface area (Å²) in [5.41, 5.74) is 1.41. The summed E-state index contributed by atoms with van der Waals surface area (Å²) < 4.78 is 27.9. The molecule has 0 aliphatic rings. The van der Waals surface area contributed by atoms with E-state index in [-0.39, 0.29) is 23.8 Å². The molecule has 0 unspecified atom stereocenters. The molecule has 0 bridgehead atoms. The number of carbonyl (C=O) groups is 2. The van der Waals surface area contributed by atoms with Gasteiger partial charge in [-0.3, -0.25) is 4.79 Å². The molecule has 0 radical (unpaired) electrons. The van der Waals surface area contributed by atoms with Gasteiger partial charge in [-0.1, -0.05) is 30.3 Å². The fraction of sp³-hybridized carbons (Fsp3) is 0.263. The van der Waals surface area contributed by atoms with Gasteiger partial charge in [-0.05, 0) is 36.2 Å². The monoisotopic (exact) mass is 390 g/mol. The highest BCUT2D eigenvalue weighted by Gasteiger charge is 2.08. The zero-order valence-corrected chi connectivity index (χ0v) is 15.8. The van der Waals surface area contributed by atoms with Crippen molar-refractivity contribution >= 4 is 27.5 Å². The molecular weight excluding hydrogens is 368 g/mol. The molecule has 2 rings (SSSR count). The van der Waals surface area contributed by atoms with E-state index in [1.807, 2.05) is 30.3 Å².